The van der Waals surface area contributed by atoms with E-state index in [-0.39, 0.29) is 16.5 Å². The Kier molecular flexibility index (Phi) is 3.81. The molecule has 0 aromatic heterocycles. The maximum absolute atomic E-state index is 13.1. The monoisotopic (exact) mass is 273 g/mol. The standard InChI is InChI=1S/C10H6BrF2NO/c11-8-4-6(12)5-9(13)7(8)2-1-3-10(14)15/h4-5H,3H2,(H2,14,15). The molecule has 1 amide bonds. The van der Waals surface area contributed by atoms with E-state index in [2.05, 4.69) is 27.8 Å². The summed E-state index contributed by atoms with van der Waals surface area (Å²) in [5.41, 5.74) is 4.86. The van der Waals surface area contributed by atoms with Gasteiger partial charge in [-0.3, -0.25) is 4.79 Å². The molecule has 0 aliphatic rings. The lowest BCUT2D eigenvalue weighted by Gasteiger charge is -1.98. The predicted molar refractivity (Wildman–Crippen MR) is 54.7 cm³/mol. The number of primary amides is 1. The first-order valence-corrected chi connectivity index (χ1v) is 4.71. The molecule has 1 aromatic carbocycles. The number of carbonyl (C=O) groups is 1. The molecular weight excluding hydrogens is 268 g/mol. The van der Waals surface area contributed by atoms with Crippen LogP contribution in [0, 0.1) is 23.5 Å². The summed E-state index contributed by atoms with van der Waals surface area (Å²) in [5, 5.41) is 0. The highest BCUT2D eigenvalue weighted by molar-refractivity contribution is 9.10. The van der Waals surface area contributed by atoms with Crippen LogP contribution in [-0.4, -0.2) is 5.91 Å². The zero-order valence-corrected chi connectivity index (χ0v) is 9.07. The maximum Gasteiger partial charge on any atom is 0.229 e. The van der Waals surface area contributed by atoms with Crippen molar-refractivity contribution < 1.29 is 13.6 Å². The van der Waals surface area contributed by atoms with Gasteiger partial charge in [0, 0.05) is 10.5 Å². The number of nitrogens with two attached hydrogens (primary N) is 1. The highest BCUT2D eigenvalue weighted by Crippen LogP contribution is 2.20. The Balaban J connectivity index is 3.03. The minimum atomic E-state index is -0.779. The van der Waals surface area contributed by atoms with Crippen LogP contribution in [0.3, 0.4) is 0 Å². The molecule has 0 saturated carbocycles. The van der Waals surface area contributed by atoms with E-state index in [1.54, 1.807) is 0 Å². The third-order valence-corrected chi connectivity index (χ3v) is 2.11. The average Bonchev–Trinajstić information content (AvgIpc) is 2.08. The normalized spacial score (nSPS) is 9.27. The topological polar surface area (TPSA) is 43.1 Å². The summed E-state index contributed by atoms with van der Waals surface area (Å²) in [7, 11) is 0. The predicted octanol–water partition coefficient (Wildman–Crippen LogP) is 1.95. The van der Waals surface area contributed by atoms with Crippen LogP contribution in [0.2, 0.25) is 0 Å². The fraction of sp³-hybridized carbons (Fsp3) is 0.100. The number of carbonyl (C=O) groups excluding carboxylic acids is 1. The molecule has 78 valence electrons. The van der Waals surface area contributed by atoms with Gasteiger partial charge in [0.15, 0.2) is 0 Å². The zero-order chi connectivity index (χ0) is 11.4. The van der Waals surface area contributed by atoms with Crippen molar-refractivity contribution in [3.8, 4) is 11.8 Å². The summed E-state index contributed by atoms with van der Waals surface area (Å²) in [6, 6.07) is 1.82. The molecule has 1 aromatic rings. The van der Waals surface area contributed by atoms with E-state index in [1.807, 2.05) is 0 Å². The van der Waals surface area contributed by atoms with Gasteiger partial charge in [-0.15, -0.1) is 0 Å². The molecule has 0 aliphatic heterocycles. The van der Waals surface area contributed by atoms with Gasteiger partial charge < -0.3 is 5.73 Å². The highest BCUT2D eigenvalue weighted by atomic mass is 79.9. The van der Waals surface area contributed by atoms with E-state index in [1.165, 1.54) is 0 Å². The van der Waals surface area contributed by atoms with E-state index in [0.29, 0.717) is 0 Å². The Morgan fingerprint density at radius 3 is 2.67 bits per heavy atom. The van der Waals surface area contributed by atoms with Crippen molar-refractivity contribution in [1.82, 2.24) is 0 Å². The fourth-order valence-electron chi connectivity index (χ4n) is 0.881. The smallest absolute Gasteiger partial charge is 0.229 e. The van der Waals surface area contributed by atoms with Gasteiger partial charge >= 0.3 is 0 Å². The lowest BCUT2D eigenvalue weighted by molar-refractivity contribution is -0.117. The van der Waals surface area contributed by atoms with Gasteiger partial charge in [-0.1, -0.05) is 11.8 Å². The van der Waals surface area contributed by atoms with Crippen LogP contribution in [0.25, 0.3) is 0 Å². The Bertz CT molecular complexity index is 439. The zero-order valence-electron chi connectivity index (χ0n) is 7.48. The number of amides is 1. The number of hydrogen-bond donors (Lipinski definition) is 1. The van der Waals surface area contributed by atoms with Crippen molar-refractivity contribution in [2.45, 2.75) is 6.42 Å². The van der Waals surface area contributed by atoms with Gasteiger partial charge in [0.05, 0.1) is 12.0 Å². The van der Waals surface area contributed by atoms with Gasteiger partial charge in [-0.05, 0) is 22.0 Å². The van der Waals surface area contributed by atoms with E-state index >= 15 is 0 Å². The van der Waals surface area contributed by atoms with E-state index < -0.39 is 17.5 Å². The lowest BCUT2D eigenvalue weighted by atomic mass is 10.2. The van der Waals surface area contributed by atoms with Crippen molar-refractivity contribution in [2.24, 2.45) is 5.73 Å². The third kappa shape index (κ3) is 3.33. The fourth-order valence-corrected chi connectivity index (χ4v) is 1.39. The Hall–Kier alpha value is -1.41. The Morgan fingerprint density at radius 1 is 1.47 bits per heavy atom. The van der Waals surface area contributed by atoms with Gasteiger partial charge in [0.25, 0.3) is 0 Å². The van der Waals surface area contributed by atoms with Crippen LogP contribution in [0.4, 0.5) is 8.78 Å². The van der Waals surface area contributed by atoms with Crippen LogP contribution in [0.5, 0.6) is 0 Å². The van der Waals surface area contributed by atoms with Gasteiger partial charge in [-0.2, -0.15) is 0 Å². The van der Waals surface area contributed by atoms with Crippen LogP contribution < -0.4 is 5.73 Å². The summed E-state index contributed by atoms with van der Waals surface area (Å²) >= 11 is 2.97. The average molecular weight is 274 g/mol. The Labute approximate surface area is 93.6 Å². The highest BCUT2D eigenvalue weighted by Gasteiger charge is 2.06. The minimum absolute atomic E-state index is 0.0117. The summed E-state index contributed by atoms with van der Waals surface area (Å²) in [6.45, 7) is 0. The van der Waals surface area contributed by atoms with Crippen LogP contribution >= 0.6 is 15.9 Å². The second kappa shape index (κ2) is 4.89. The number of rotatable bonds is 1. The van der Waals surface area contributed by atoms with Gasteiger partial charge in [0.1, 0.15) is 11.6 Å². The molecule has 5 heteroatoms. The van der Waals surface area contributed by atoms with Gasteiger partial charge in [0.2, 0.25) is 5.91 Å². The van der Waals surface area contributed by atoms with E-state index in [9.17, 15) is 13.6 Å². The van der Waals surface area contributed by atoms with E-state index in [0.717, 1.165) is 12.1 Å². The first-order valence-electron chi connectivity index (χ1n) is 3.92. The summed E-state index contributed by atoms with van der Waals surface area (Å²) in [6.07, 6.45) is -0.163. The van der Waals surface area contributed by atoms with Gasteiger partial charge in [-0.25, -0.2) is 8.78 Å². The molecule has 2 nitrogen and oxygen atoms in total. The maximum atomic E-state index is 13.1. The van der Waals surface area contributed by atoms with Crippen LogP contribution in [-0.2, 0) is 4.79 Å². The van der Waals surface area contributed by atoms with Crippen molar-refractivity contribution in [3.05, 3.63) is 33.8 Å². The minimum Gasteiger partial charge on any atom is -0.369 e. The molecule has 15 heavy (non-hydrogen) atoms. The van der Waals surface area contributed by atoms with E-state index in [4.69, 9.17) is 5.73 Å². The summed E-state index contributed by atoms with van der Waals surface area (Å²) in [5.74, 6) is 2.72. The molecule has 0 atom stereocenters. The lowest BCUT2D eigenvalue weighted by Crippen LogP contribution is -2.08. The molecule has 0 spiro atoms. The first kappa shape index (κ1) is 11.7. The number of hydrogen-bond acceptors (Lipinski definition) is 1. The third-order valence-electron chi connectivity index (χ3n) is 1.48. The first-order chi connectivity index (χ1) is 7.00. The largest absolute Gasteiger partial charge is 0.369 e. The molecule has 0 unspecified atom stereocenters. The quantitative estimate of drug-likeness (QED) is 0.781. The second-order valence-electron chi connectivity index (χ2n) is 2.69. The molecule has 1 rings (SSSR count). The van der Waals surface area contributed by atoms with Crippen LogP contribution in [0.1, 0.15) is 12.0 Å². The molecule has 2 N–H and O–H groups in total. The second-order valence-corrected chi connectivity index (χ2v) is 3.54. The summed E-state index contributed by atoms with van der Waals surface area (Å²) < 4.78 is 26.0. The van der Waals surface area contributed by atoms with Crippen molar-refractivity contribution >= 4 is 21.8 Å². The molecule has 0 bridgehead atoms. The van der Waals surface area contributed by atoms with Crippen LogP contribution in [0.15, 0.2) is 16.6 Å². The molecule has 0 aliphatic carbocycles. The van der Waals surface area contributed by atoms with Crippen molar-refractivity contribution in [2.75, 3.05) is 0 Å². The van der Waals surface area contributed by atoms with Crippen molar-refractivity contribution in [1.29, 1.82) is 0 Å². The molecule has 0 saturated heterocycles. The van der Waals surface area contributed by atoms with Crippen molar-refractivity contribution in [3.63, 3.8) is 0 Å². The number of halogens is 3. The molecular formula is C10H6BrF2NO. The molecule has 0 radical (unpaired) electrons. The Morgan fingerprint density at radius 2 is 2.13 bits per heavy atom. The summed E-state index contributed by atoms with van der Waals surface area (Å²) in [4.78, 5) is 10.4. The molecule has 0 fully saturated rings. The SMILES string of the molecule is NC(=O)CC#Cc1c(F)cc(F)cc1Br. The molecule has 0 heterocycles. The number of benzene rings is 1.